The second kappa shape index (κ2) is 23.1. The summed E-state index contributed by atoms with van der Waals surface area (Å²) in [6.45, 7) is 6.11. The normalized spacial score (nSPS) is 18.3. The van der Waals surface area contributed by atoms with Crippen LogP contribution in [0.3, 0.4) is 0 Å². The maximum atomic E-state index is 13.0. The molecule has 2 aromatic rings. The van der Waals surface area contributed by atoms with E-state index in [0.29, 0.717) is 50.2 Å². The van der Waals surface area contributed by atoms with E-state index in [1.54, 1.807) is 6.20 Å². The van der Waals surface area contributed by atoms with Crippen molar-refractivity contribution in [3.63, 3.8) is 0 Å². The molecule has 0 bridgehead atoms. The summed E-state index contributed by atoms with van der Waals surface area (Å²) in [7, 11) is 0. The van der Waals surface area contributed by atoms with Gasteiger partial charge in [-0.05, 0) is 95.5 Å². The van der Waals surface area contributed by atoms with Crippen LogP contribution in [0, 0.1) is 11.4 Å². The van der Waals surface area contributed by atoms with Gasteiger partial charge in [0.1, 0.15) is 5.82 Å². The molecule has 14 nitrogen and oxygen atoms in total. The molecule has 54 heavy (non-hydrogen) atoms. The van der Waals surface area contributed by atoms with Crippen LogP contribution in [0.4, 0.5) is 11.8 Å². The van der Waals surface area contributed by atoms with Crippen molar-refractivity contribution in [1.82, 2.24) is 36.1 Å². The quantitative estimate of drug-likeness (QED) is 0.0600. The fourth-order valence-electron chi connectivity index (χ4n) is 7.82. The summed E-state index contributed by atoms with van der Waals surface area (Å²) in [4.78, 5) is 37.0. The molecule has 1 aliphatic heterocycles. The number of hydrogen-bond donors (Lipinski definition) is 8. The molecule has 2 saturated carbocycles. The van der Waals surface area contributed by atoms with Gasteiger partial charge in [0.05, 0.1) is 23.8 Å². The number of fused-ring (bicyclic) bond motifs is 1. The standard InChI is InChI=1S/C40H66N12O2/c41-35(39(54)46-27-30-11-3-1-4-12-30)17-18-37(53)52-25-19-32(20-26-52)48-38-34-15-7-8-16-36(34)49-40(50-38)47-29-33(51-42)28-44-23-9-21-43-22-10-24-45-31-13-5-2-6-14-31/h7-8,15-16,28,30-32,35,42-45H,1-6,9-14,17-27,29,41H2,(H,46,54)(H2,47,48,49,50)/b33-28-,51-42?. The largest absolute Gasteiger partial charge is 0.389 e. The van der Waals surface area contributed by atoms with Crippen molar-refractivity contribution < 1.29 is 9.59 Å². The van der Waals surface area contributed by atoms with Gasteiger partial charge in [-0.15, -0.1) is 0 Å². The zero-order valence-electron chi connectivity index (χ0n) is 32.3. The SMILES string of the molecule is N=N/C(=C\NCCCNCCCNC1CCCCC1)CNc1nc(NC2CCN(C(=O)CCC(N)C(=O)NCC3CCCCC3)CC2)c2ccccc2n1. The number of nitrogens with two attached hydrogens (primary N) is 1. The molecule has 2 aliphatic carbocycles. The molecule has 14 heteroatoms. The number of nitrogens with one attached hydrogen (secondary N) is 7. The minimum Gasteiger partial charge on any atom is -0.389 e. The average Bonchev–Trinajstić information content (AvgIpc) is 3.21. The van der Waals surface area contributed by atoms with E-state index in [2.05, 4.69) is 37.0 Å². The van der Waals surface area contributed by atoms with Gasteiger partial charge in [-0.2, -0.15) is 10.1 Å². The monoisotopic (exact) mass is 747 g/mol. The minimum absolute atomic E-state index is 0.0470. The molecule has 1 aromatic heterocycles. The van der Waals surface area contributed by atoms with Crippen molar-refractivity contribution >= 4 is 34.5 Å². The number of hydrogen-bond acceptors (Lipinski definition) is 12. The summed E-state index contributed by atoms with van der Waals surface area (Å²) in [5.74, 6) is 1.64. The maximum Gasteiger partial charge on any atom is 0.236 e. The van der Waals surface area contributed by atoms with Crippen LogP contribution in [0.2, 0.25) is 0 Å². The molecule has 1 unspecified atom stereocenters. The lowest BCUT2D eigenvalue weighted by Crippen LogP contribution is -2.45. The fourth-order valence-corrected chi connectivity index (χ4v) is 7.82. The summed E-state index contributed by atoms with van der Waals surface area (Å²) in [5, 5.41) is 25.0. The molecule has 1 aromatic carbocycles. The molecule has 5 rings (SSSR count). The summed E-state index contributed by atoms with van der Waals surface area (Å²) in [5.41, 5.74) is 15.2. The van der Waals surface area contributed by atoms with Crippen molar-refractivity contribution in [2.45, 2.75) is 121 Å². The van der Waals surface area contributed by atoms with Gasteiger partial charge in [0.2, 0.25) is 17.8 Å². The minimum atomic E-state index is -0.663. The fraction of sp³-hybridized carbons (Fsp3) is 0.700. The van der Waals surface area contributed by atoms with Crippen LogP contribution in [0.25, 0.3) is 10.9 Å². The van der Waals surface area contributed by atoms with Crippen LogP contribution in [-0.4, -0.2) is 97.2 Å². The summed E-state index contributed by atoms with van der Waals surface area (Å²) < 4.78 is 0. The molecule has 3 aliphatic rings. The van der Waals surface area contributed by atoms with Crippen molar-refractivity contribution in [1.29, 1.82) is 5.53 Å². The summed E-state index contributed by atoms with van der Waals surface area (Å²) in [6, 6.07) is 8.10. The topological polar surface area (TPSA) is 198 Å². The average molecular weight is 747 g/mol. The first-order valence-electron chi connectivity index (χ1n) is 20.8. The Balaban J connectivity index is 0.992. The van der Waals surface area contributed by atoms with Gasteiger partial charge < -0.3 is 42.5 Å². The highest BCUT2D eigenvalue weighted by atomic mass is 16.2. The molecule has 1 saturated heterocycles. The number of para-hydroxylation sites is 1. The number of anilines is 2. The van der Waals surface area contributed by atoms with E-state index < -0.39 is 6.04 Å². The number of carbonyl (C=O) groups excluding carboxylic acids is 2. The number of nitrogens with zero attached hydrogens (tertiary/aromatic N) is 4. The van der Waals surface area contributed by atoms with Crippen LogP contribution < -0.4 is 37.6 Å². The van der Waals surface area contributed by atoms with Gasteiger partial charge in [-0.25, -0.2) is 10.5 Å². The van der Waals surface area contributed by atoms with Gasteiger partial charge >= 0.3 is 0 Å². The van der Waals surface area contributed by atoms with Crippen molar-refractivity contribution in [2.75, 3.05) is 63.0 Å². The van der Waals surface area contributed by atoms with Crippen molar-refractivity contribution in [2.24, 2.45) is 16.8 Å². The first-order valence-corrected chi connectivity index (χ1v) is 20.8. The zero-order valence-corrected chi connectivity index (χ0v) is 32.3. The molecule has 298 valence electrons. The second-order valence-corrected chi connectivity index (χ2v) is 15.4. The van der Waals surface area contributed by atoms with E-state index in [1.165, 1.54) is 64.2 Å². The van der Waals surface area contributed by atoms with Crippen LogP contribution >= 0.6 is 0 Å². The molecular formula is C40H66N12O2. The maximum absolute atomic E-state index is 13.0. The second-order valence-electron chi connectivity index (χ2n) is 15.4. The highest BCUT2D eigenvalue weighted by Crippen LogP contribution is 2.26. The van der Waals surface area contributed by atoms with Crippen LogP contribution in [0.1, 0.15) is 103 Å². The van der Waals surface area contributed by atoms with E-state index in [1.807, 2.05) is 29.2 Å². The number of benzene rings is 1. The third-order valence-corrected chi connectivity index (χ3v) is 11.2. The number of amides is 2. The molecule has 1 atom stereocenters. The van der Waals surface area contributed by atoms with E-state index in [0.717, 1.165) is 74.6 Å². The van der Waals surface area contributed by atoms with Crippen LogP contribution in [0.5, 0.6) is 0 Å². The highest BCUT2D eigenvalue weighted by Gasteiger charge is 2.25. The Kier molecular flexibility index (Phi) is 17.7. The zero-order chi connectivity index (χ0) is 37.8. The van der Waals surface area contributed by atoms with E-state index in [9.17, 15) is 9.59 Å². The van der Waals surface area contributed by atoms with Gasteiger partial charge in [0.15, 0.2) is 0 Å². The molecule has 2 amide bonds. The number of likely N-dealkylation sites (tertiary alicyclic amines) is 1. The first kappa shape index (κ1) is 41.3. The Labute approximate surface area is 321 Å². The Hall–Kier alpha value is -3.88. The van der Waals surface area contributed by atoms with E-state index >= 15 is 0 Å². The highest BCUT2D eigenvalue weighted by molar-refractivity contribution is 5.90. The van der Waals surface area contributed by atoms with Gasteiger partial charge in [-0.3, -0.25) is 9.59 Å². The summed E-state index contributed by atoms with van der Waals surface area (Å²) in [6.07, 6.45) is 19.0. The van der Waals surface area contributed by atoms with E-state index in [-0.39, 0.29) is 24.3 Å². The van der Waals surface area contributed by atoms with E-state index in [4.69, 9.17) is 21.2 Å². The molecule has 0 radical (unpaired) electrons. The molecule has 2 heterocycles. The lowest BCUT2D eigenvalue weighted by atomic mass is 9.89. The third kappa shape index (κ3) is 14.1. The Bertz CT molecular complexity index is 1470. The number of carbonyl (C=O) groups is 2. The number of piperidine rings is 1. The van der Waals surface area contributed by atoms with Crippen molar-refractivity contribution in [3.8, 4) is 0 Å². The molecule has 0 spiro atoms. The van der Waals surface area contributed by atoms with Crippen molar-refractivity contribution in [3.05, 3.63) is 36.2 Å². The Morgan fingerprint density at radius 3 is 2.39 bits per heavy atom. The van der Waals surface area contributed by atoms with Gasteiger partial charge in [0, 0.05) is 56.3 Å². The first-order chi connectivity index (χ1) is 26.5. The Morgan fingerprint density at radius 2 is 1.63 bits per heavy atom. The molecule has 9 N–H and O–H groups in total. The van der Waals surface area contributed by atoms with Crippen LogP contribution in [0.15, 0.2) is 41.3 Å². The summed E-state index contributed by atoms with van der Waals surface area (Å²) >= 11 is 0. The van der Waals surface area contributed by atoms with Gasteiger partial charge in [0.25, 0.3) is 0 Å². The Morgan fingerprint density at radius 1 is 0.907 bits per heavy atom. The van der Waals surface area contributed by atoms with Gasteiger partial charge in [-0.1, -0.05) is 50.7 Å². The number of aromatic nitrogens is 2. The molecular weight excluding hydrogens is 681 g/mol. The third-order valence-electron chi connectivity index (χ3n) is 11.2. The predicted octanol–water partition coefficient (Wildman–Crippen LogP) is 5.00. The lowest BCUT2D eigenvalue weighted by Gasteiger charge is -2.33. The predicted molar refractivity (Wildman–Crippen MR) is 216 cm³/mol. The molecule has 3 fully saturated rings. The smallest absolute Gasteiger partial charge is 0.236 e. The lowest BCUT2D eigenvalue weighted by molar-refractivity contribution is -0.132. The number of rotatable bonds is 22. The van der Waals surface area contributed by atoms with Crippen LogP contribution in [-0.2, 0) is 9.59 Å².